The smallest absolute Gasteiger partial charge is 0.229 e. The summed E-state index contributed by atoms with van der Waals surface area (Å²) in [5, 5.41) is 16.3. The number of amides is 1. The predicted octanol–water partition coefficient (Wildman–Crippen LogP) is 4.22. The van der Waals surface area contributed by atoms with E-state index >= 15 is 0 Å². The lowest BCUT2D eigenvalue weighted by Crippen LogP contribution is -2.56. The molecule has 1 aromatic carbocycles. The van der Waals surface area contributed by atoms with Gasteiger partial charge in [-0.3, -0.25) is 9.69 Å². The number of aromatic nitrogens is 1. The van der Waals surface area contributed by atoms with Gasteiger partial charge in [-0.05, 0) is 92.1 Å². The molecule has 6 rings (SSSR count). The molecule has 4 aliphatic rings. The summed E-state index contributed by atoms with van der Waals surface area (Å²) in [5.74, 6) is 1.45. The summed E-state index contributed by atoms with van der Waals surface area (Å²) in [6, 6.07) is 6.14. The number of carbonyl (C=O) groups is 1. The van der Waals surface area contributed by atoms with Gasteiger partial charge in [-0.15, -0.1) is 0 Å². The van der Waals surface area contributed by atoms with Crippen LogP contribution in [-0.2, 0) is 14.3 Å². The van der Waals surface area contributed by atoms with Gasteiger partial charge in [0.1, 0.15) is 5.82 Å². The van der Waals surface area contributed by atoms with Gasteiger partial charge in [0.2, 0.25) is 5.91 Å². The highest BCUT2D eigenvalue weighted by Gasteiger charge is 2.65. The topological polar surface area (TPSA) is 83.9 Å². The number of aliphatic hydroxyl groups is 1. The van der Waals surface area contributed by atoms with E-state index in [1.54, 1.807) is 6.20 Å². The number of nitrogens with zero attached hydrogens (tertiary/aromatic N) is 2. The van der Waals surface area contributed by atoms with Crippen LogP contribution in [0.25, 0.3) is 10.8 Å². The maximum absolute atomic E-state index is 13.1. The highest BCUT2D eigenvalue weighted by Crippen LogP contribution is 2.64. The van der Waals surface area contributed by atoms with Gasteiger partial charge < -0.3 is 19.9 Å². The summed E-state index contributed by atoms with van der Waals surface area (Å²) in [6.07, 6.45) is 5.24. The summed E-state index contributed by atoms with van der Waals surface area (Å²) in [4.78, 5) is 20.0. The van der Waals surface area contributed by atoms with Crippen LogP contribution in [0.4, 0.5) is 5.82 Å². The molecule has 1 aliphatic carbocycles. The number of nitrogens with one attached hydrogen (secondary N) is 1. The van der Waals surface area contributed by atoms with E-state index in [4.69, 9.17) is 21.1 Å². The number of pyridine rings is 1. The number of aliphatic hydroxyl groups excluding tert-OH is 1. The molecule has 7 nitrogen and oxygen atoms in total. The minimum atomic E-state index is -0.445. The van der Waals surface area contributed by atoms with Crippen molar-refractivity contribution >= 4 is 34.1 Å². The molecule has 3 aliphatic heterocycles. The van der Waals surface area contributed by atoms with Crippen molar-refractivity contribution in [2.45, 2.75) is 57.1 Å². The first-order chi connectivity index (χ1) is 17.3. The highest BCUT2D eigenvalue weighted by atomic mass is 35.5. The molecule has 1 saturated carbocycles. The summed E-state index contributed by atoms with van der Waals surface area (Å²) >= 11 is 6.74. The molecule has 4 atom stereocenters. The Bertz CT molecular complexity index is 1160. The normalized spacial score (nSPS) is 32.7. The summed E-state index contributed by atoms with van der Waals surface area (Å²) in [5.41, 5.74) is 0.948. The number of piperidine rings is 1. The molecule has 4 heterocycles. The van der Waals surface area contributed by atoms with E-state index in [9.17, 15) is 9.90 Å². The zero-order valence-electron chi connectivity index (χ0n) is 21.1. The fourth-order valence-corrected chi connectivity index (χ4v) is 7.46. The molecule has 2 aromatic rings. The standard InChI is InChI=1S/C28H36ClN3O4/c1-17-25(28(17)5-9-35-10-6-28)26(34)31-24-13-19-11-21(22(29)12-20(19)14-30-24)18-3-7-32(8-4-18)27(2)16-36-15-23(27)33/h11-14,17-18,23,25,33H,3-10,15-16H2,1-2H3,(H,30,31,34)/t17-,23-,25-,27+/m0/s1. The molecule has 0 radical (unpaired) electrons. The number of hydrogen-bond donors (Lipinski definition) is 2. The number of hydrogen-bond acceptors (Lipinski definition) is 6. The number of benzene rings is 1. The van der Waals surface area contributed by atoms with Crippen molar-refractivity contribution in [1.29, 1.82) is 0 Å². The molecule has 1 aromatic heterocycles. The van der Waals surface area contributed by atoms with Crippen LogP contribution >= 0.6 is 11.6 Å². The second-order valence-electron chi connectivity index (χ2n) is 11.5. The van der Waals surface area contributed by atoms with Crippen LogP contribution in [0.2, 0.25) is 5.02 Å². The number of anilines is 1. The lowest BCUT2D eigenvalue weighted by Gasteiger charge is -2.43. The summed E-state index contributed by atoms with van der Waals surface area (Å²) in [6.45, 7) is 8.57. The lowest BCUT2D eigenvalue weighted by molar-refractivity contribution is -0.118. The Morgan fingerprint density at radius 1 is 1.17 bits per heavy atom. The number of ether oxygens (including phenoxy) is 2. The van der Waals surface area contributed by atoms with E-state index < -0.39 is 6.10 Å². The maximum atomic E-state index is 13.1. The highest BCUT2D eigenvalue weighted by molar-refractivity contribution is 6.32. The van der Waals surface area contributed by atoms with E-state index in [1.807, 2.05) is 12.1 Å². The molecule has 194 valence electrons. The number of carbonyl (C=O) groups excluding carboxylic acids is 1. The maximum Gasteiger partial charge on any atom is 0.229 e. The Labute approximate surface area is 217 Å². The third kappa shape index (κ3) is 4.04. The van der Waals surface area contributed by atoms with Gasteiger partial charge in [0.25, 0.3) is 0 Å². The minimum Gasteiger partial charge on any atom is -0.389 e. The van der Waals surface area contributed by atoms with Gasteiger partial charge >= 0.3 is 0 Å². The van der Waals surface area contributed by atoms with E-state index in [0.717, 1.165) is 73.3 Å². The zero-order valence-corrected chi connectivity index (χ0v) is 21.9. The van der Waals surface area contributed by atoms with E-state index in [2.05, 4.69) is 35.1 Å². The molecule has 0 bridgehead atoms. The molecule has 1 spiro atoms. The van der Waals surface area contributed by atoms with Gasteiger partial charge in [-0.2, -0.15) is 0 Å². The van der Waals surface area contributed by atoms with Crippen molar-refractivity contribution in [1.82, 2.24) is 9.88 Å². The van der Waals surface area contributed by atoms with Crippen LogP contribution in [0.15, 0.2) is 24.4 Å². The van der Waals surface area contributed by atoms with Crippen LogP contribution in [0.5, 0.6) is 0 Å². The number of likely N-dealkylation sites (tertiary alicyclic amines) is 1. The van der Waals surface area contributed by atoms with Crippen LogP contribution in [0.1, 0.15) is 51.0 Å². The molecule has 0 unspecified atom stereocenters. The Hall–Kier alpha value is -1.77. The molecule has 1 amide bonds. The minimum absolute atomic E-state index is 0.0375. The molecule has 36 heavy (non-hydrogen) atoms. The molecule has 4 fully saturated rings. The molecule has 3 saturated heterocycles. The second-order valence-corrected chi connectivity index (χ2v) is 11.9. The van der Waals surface area contributed by atoms with Crippen molar-refractivity contribution < 1.29 is 19.4 Å². The number of rotatable bonds is 4. The van der Waals surface area contributed by atoms with Crippen LogP contribution in [-0.4, -0.2) is 72.1 Å². The van der Waals surface area contributed by atoms with Crippen LogP contribution in [0.3, 0.4) is 0 Å². The Morgan fingerprint density at radius 3 is 2.61 bits per heavy atom. The van der Waals surface area contributed by atoms with Crippen molar-refractivity contribution in [2.24, 2.45) is 17.3 Å². The van der Waals surface area contributed by atoms with E-state index in [-0.39, 0.29) is 22.8 Å². The second kappa shape index (κ2) is 9.21. The molecule has 2 N–H and O–H groups in total. The summed E-state index contributed by atoms with van der Waals surface area (Å²) < 4.78 is 11.1. The largest absolute Gasteiger partial charge is 0.389 e. The zero-order chi connectivity index (χ0) is 25.1. The molecule has 8 heteroatoms. The van der Waals surface area contributed by atoms with Crippen molar-refractivity contribution in [3.05, 3.63) is 35.0 Å². The summed E-state index contributed by atoms with van der Waals surface area (Å²) in [7, 11) is 0. The first-order valence-corrected chi connectivity index (χ1v) is 13.7. The third-order valence-electron chi connectivity index (χ3n) is 9.76. The molecular weight excluding hydrogens is 478 g/mol. The first kappa shape index (κ1) is 24.6. The van der Waals surface area contributed by atoms with Gasteiger partial charge in [-0.25, -0.2) is 4.98 Å². The predicted molar refractivity (Wildman–Crippen MR) is 139 cm³/mol. The fourth-order valence-electron chi connectivity index (χ4n) is 7.13. The lowest BCUT2D eigenvalue weighted by atomic mass is 9.85. The van der Waals surface area contributed by atoms with Crippen molar-refractivity contribution in [3.8, 4) is 0 Å². The van der Waals surface area contributed by atoms with Crippen LogP contribution < -0.4 is 5.32 Å². The average molecular weight is 514 g/mol. The monoisotopic (exact) mass is 513 g/mol. The van der Waals surface area contributed by atoms with Crippen LogP contribution in [0, 0.1) is 17.3 Å². The van der Waals surface area contributed by atoms with Gasteiger partial charge in [-0.1, -0.05) is 18.5 Å². The third-order valence-corrected chi connectivity index (χ3v) is 10.1. The fraction of sp³-hybridized carbons (Fsp3) is 0.643. The SMILES string of the molecule is C[C@H]1[C@@H](C(=O)Nc2cc3cc(C4CCN([C@]5(C)COC[C@@H]5O)CC4)c(Cl)cc3cn2)C12CCOCC2. The van der Waals surface area contributed by atoms with Gasteiger partial charge in [0.15, 0.2) is 0 Å². The van der Waals surface area contributed by atoms with Gasteiger partial charge in [0.05, 0.1) is 24.9 Å². The van der Waals surface area contributed by atoms with E-state index in [1.165, 1.54) is 0 Å². The van der Waals surface area contributed by atoms with Gasteiger partial charge in [0, 0.05) is 35.7 Å². The van der Waals surface area contributed by atoms with E-state index in [0.29, 0.717) is 30.9 Å². The Balaban J connectivity index is 1.16. The number of halogens is 1. The van der Waals surface area contributed by atoms with Crippen molar-refractivity contribution in [2.75, 3.05) is 44.8 Å². The Morgan fingerprint density at radius 2 is 1.92 bits per heavy atom. The number of fused-ring (bicyclic) bond motifs is 1. The average Bonchev–Trinajstić information content (AvgIpc) is 3.26. The molecular formula is C28H36ClN3O4. The first-order valence-electron chi connectivity index (χ1n) is 13.3. The quantitative estimate of drug-likeness (QED) is 0.637. The van der Waals surface area contributed by atoms with Crippen molar-refractivity contribution in [3.63, 3.8) is 0 Å². The Kier molecular flexibility index (Phi) is 6.28.